The van der Waals surface area contributed by atoms with E-state index in [1.807, 2.05) is 0 Å². The fourth-order valence-electron chi connectivity index (χ4n) is 0.956. The number of ketones is 1. The Morgan fingerprint density at radius 2 is 2.23 bits per heavy atom. The fraction of sp³-hybridized carbons (Fsp3) is 0.222. The number of phenols is 1. The maximum atomic E-state index is 10.9. The van der Waals surface area contributed by atoms with Gasteiger partial charge in [0.15, 0.2) is 5.78 Å². The number of phenolic OH excluding ortho intramolecular Hbond substituents is 1. The first-order valence-corrected chi connectivity index (χ1v) is 4.89. The SMILES string of the molecule is CC(=O)C(Cl)c1cccc(Br)c1O. The average molecular weight is 264 g/mol. The summed E-state index contributed by atoms with van der Waals surface area (Å²) in [5.74, 6) is -0.159. The van der Waals surface area contributed by atoms with Crippen LogP contribution in [0, 0.1) is 0 Å². The van der Waals surface area contributed by atoms with Crippen molar-refractivity contribution in [3.63, 3.8) is 0 Å². The van der Waals surface area contributed by atoms with Crippen LogP contribution in [0.25, 0.3) is 0 Å². The molecule has 0 aliphatic carbocycles. The summed E-state index contributed by atoms with van der Waals surface area (Å²) in [7, 11) is 0. The van der Waals surface area contributed by atoms with Crippen LogP contribution in [0.1, 0.15) is 17.9 Å². The second-order valence-electron chi connectivity index (χ2n) is 2.65. The van der Waals surface area contributed by atoms with Crippen molar-refractivity contribution in [2.75, 3.05) is 0 Å². The van der Waals surface area contributed by atoms with Crippen molar-refractivity contribution < 1.29 is 9.90 Å². The van der Waals surface area contributed by atoms with Crippen molar-refractivity contribution >= 4 is 33.3 Å². The van der Waals surface area contributed by atoms with Crippen LogP contribution in [0.4, 0.5) is 0 Å². The lowest BCUT2D eigenvalue weighted by Crippen LogP contribution is -2.01. The standard InChI is InChI=1S/C9H8BrClO2/c1-5(12)8(11)6-3-2-4-7(10)9(6)13/h2-4,8,13H,1H3. The van der Waals surface area contributed by atoms with Gasteiger partial charge in [0.25, 0.3) is 0 Å². The van der Waals surface area contributed by atoms with Crippen LogP contribution in [0.2, 0.25) is 0 Å². The Labute approximate surface area is 89.7 Å². The Bertz CT molecular complexity index is 338. The topological polar surface area (TPSA) is 37.3 Å². The molecule has 0 aromatic heterocycles. The molecule has 13 heavy (non-hydrogen) atoms. The minimum absolute atomic E-state index is 0.0256. The molecule has 0 fully saturated rings. The van der Waals surface area contributed by atoms with Crippen molar-refractivity contribution in [1.29, 1.82) is 0 Å². The van der Waals surface area contributed by atoms with Gasteiger partial charge in [0.05, 0.1) is 4.47 Å². The van der Waals surface area contributed by atoms with Crippen LogP contribution < -0.4 is 0 Å². The summed E-state index contributed by atoms with van der Waals surface area (Å²) in [4.78, 5) is 10.9. The van der Waals surface area contributed by atoms with Gasteiger partial charge >= 0.3 is 0 Å². The molecule has 0 aliphatic heterocycles. The summed E-state index contributed by atoms with van der Waals surface area (Å²) < 4.78 is 0.539. The maximum absolute atomic E-state index is 10.9. The van der Waals surface area contributed by atoms with Crippen molar-refractivity contribution in [1.82, 2.24) is 0 Å². The van der Waals surface area contributed by atoms with Gasteiger partial charge in [-0.05, 0) is 28.9 Å². The fourth-order valence-corrected chi connectivity index (χ4v) is 1.51. The number of carbonyl (C=O) groups is 1. The lowest BCUT2D eigenvalue weighted by Gasteiger charge is -2.08. The third kappa shape index (κ3) is 2.23. The lowest BCUT2D eigenvalue weighted by atomic mass is 10.1. The van der Waals surface area contributed by atoms with E-state index < -0.39 is 5.38 Å². The minimum Gasteiger partial charge on any atom is -0.506 e. The first-order chi connectivity index (χ1) is 6.04. The molecule has 0 saturated carbocycles. The normalized spacial score (nSPS) is 12.5. The quantitative estimate of drug-likeness (QED) is 0.833. The van der Waals surface area contributed by atoms with Gasteiger partial charge in [0.1, 0.15) is 11.1 Å². The van der Waals surface area contributed by atoms with Gasteiger partial charge in [-0.15, -0.1) is 11.6 Å². The van der Waals surface area contributed by atoms with E-state index in [9.17, 15) is 9.90 Å². The van der Waals surface area contributed by atoms with Gasteiger partial charge in [0.2, 0.25) is 0 Å². The van der Waals surface area contributed by atoms with Crippen LogP contribution in [0.3, 0.4) is 0 Å². The number of para-hydroxylation sites is 1. The highest BCUT2D eigenvalue weighted by Gasteiger charge is 2.17. The molecule has 0 amide bonds. The van der Waals surface area contributed by atoms with Gasteiger partial charge in [-0.1, -0.05) is 12.1 Å². The van der Waals surface area contributed by atoms with Gasteiger partial charge in [-0.2, -0.15) is 0 Å². The number of benzene rings is 1. The summed E-state index contributed by atoms with van der Waals surface area (Å²) in [5.41, 5.74) is 0.434. The number of Topliss-reactive ketones (excluding diaryl/α,β-unsaturated/α-hetero) is 1. The number of alkyl halides is 1. The van der Waals surface area contributed by atoms with Crippen molar-refractivity contribution in [3.05, 3.63) is 28.2 Å². The summed E-state index contributed by atoms with van der Waals surface area (Å²) >= 11 is 8.93. The third-order valence-corrected chi connectivity index (χ3v) is 2.83. The van der Waals surface area contributed by atoms with E-state index >= 15 is 0 Å². The predicted molar refractivity (Wildman–Crippen MR) is 55.1 cm³/mol. The second kappa shape index (κ2) is 4.11. The molecule has 1 N–H and O–H groups in total. The molecule has 1 aromatic rings. The van der Waals surface area contributed by atoms with E-state index in [0.29, 0.717) is 10.0 Å². The Hall–Kier alpha value is -0.540. The van der Waals surface area contributed by atoms with E-state index in [-0.39, 0.29) is 11.5 Å². The molecule has 0 aliphatic rings. The molecule has 70 valence electrons. The smallest absolute Gasteiger partial charge is 0.152 e. The Morgan fingerprint density at radius 1 is 1.62 bits per heavy atom. The molecule has 2 nitrogen and oxygen atoms in total. The maximum Gasteiger partial charge on any atom is 0.152 e. The lowest BCUT2D eigenvalue weighted by molar-refractivity contribution is -0.116. The summed E-state index contributed by atoms with van der Waals surface area (Å²) in [6.07, 6.45) is 0. The largest absolute Gasteiger partial charge is 0.506 e. The second-order valence-corrected chi connectivity index (χ2v) is 3.94. The molecule has 4 heteroatoms. The highest BCUT2D eigenvalue weighted by Crippen LogP contribution is 2.34. The van der Waals surface area contributed by atoms with E-state index in [1.54, 1.807) is 18.2 Å². The molecule has 0 bridgehead atoms. The van der Waals surface area contributed by atoms with Crippen LogP contribution in [-0.2, 0) is 4.79 Å². The first kappa shape index (κ1) is 10.5. The predicted octanol–water partition coefficient (Wildman–Crippen LogP) is 3.02. The number of halogens is 2. The number of hydrogen-bond donors (Lipinski definition) is 1. The molecular formula is C9H8BrClO2. The number of hydrogen-bond acceptors (Lipinski definition) is 2. The monoisotopic (exact) mass is 262 g/mol. The van der Waals surface area contributed by atoms with Gasteiger partial charge in [-0.3, -0.25) is 4.79 Å². The summed E-state index contributed by atoms with van der Waals surface area (Å²) in [6, 6.07) is 5.03. The Morgan fingerprint density at radius 3 is 2.77 bits per heavy atom. The minimum atomic E-state index is -0.780. The van der Waals surface area contributed by atoms with Crippen LogP contribution in [0.5, 0.6) is 5.75 Å². The molecule has 1 atom stereocenters. The summed E-state index contributed by atoms with van der Waals surface area (Å²) in [6.45, 7) is 1.39. The van der Waals surface area contributed by atoms with E-state index in [2.05, 4.69) is 15.9 Å². The first-order valence-electron chi connectivity index (χ1n) is 3.66. The van der Waals surface area contributed by atoms with Gasteiger partial charge < -0.3 is 5.11 Å². The van der Waals surface area contributed by atoms with Gasteiger partial charge in [0, 0.05) is 5.56 Å². The zero-order chi connectivity index (χ0) is 10.0. The highest BCUT2D eigenvalue weighted by molar-refractivity contribution is 9.10. The number of carbonyl (C=O) groups excluding carboxylic acids is 1. The Kier molecular flexibility index (Phi) is 3.33. The van der Waals surface area contributed by atoms with Crippen LogP contribution >= 0.6 is 27.5 Å². The van der Waals surface area contributed by atoms with E-state index in [1.165, 1.54) is 6.92 Å². The molecule has 1 aromatic carbocycles. The molecule has 1 unspecified atom stereocenters. The van der Waals surface area contributed by atoms with Crippen molar-refractivity contribution in [2.45, 2.75) is 12.3 Å². The van der Waals surface area contributed by atoms with Crippen molar-refractivity contribution in [2.24, 2.45) is 0 Å². The zero-order valence-corrected chi connectivity index (χ0v) is 9.26. The van der Waals surface area contributed by atoms with Gasteiger partial charge in [-0.25, -0.2) is 0 Å². The molecule has 0 heterocycles. The van der Waals surface area contributed by atoms with Crippen LogP contribution in [-0.4, -0.2) is 10.9 Å². The molecule has 0 spiro atoms. The molecular weight excluding hydrogens is 255 g/mol. The highest BCUT2D eigenvalue weighted by atomic mass is 79.9. The average Bonchev–Trinajstić information content (AvgIpc) is 2.08. The molecule has 0 radical (unpaired) electrons. The number of rotatable bonds is 2. The Balaban J connectivity index is 3.15. The van der Waals surface area contributed by atoms with Crippen LogP contribution in [0.15, 0.2) is 22.7 Å². The third-order valence-electron chi connectivity index (χ3n) is 1.65. The number of aromatic hydroxyl groups is 1. The van der Waals surface area contributed by atoms with Crippen molar-refractivity contribution in [3.8, 4) is 5.75 Å². The molecule has 1 rings (SSSR count). The summed E-state index contributed by atoms with van der Waals surface area (Å²) in [5, 5.41) is 8.75. The van der Waals surface area contributed by atoms with E-state index in [4.69, 9.17) is 11.6 Å². The van der Waals surface area contributed by atoms with E-state index in [0.717, 1.165) is 0 Å². The molecule has 0 saturated heterocycles. The zero-order valence-electron chi connectivity index (χ0n) is 6.92.